The number of halogens is 1. The molecular weight excluding hydrogens is 625 g/mol. The van der Waals surface area contributed by atoms with Crippen molar-refractivity contribution in [3.05, 3.63) is 87.0 Å². The molecule has 0 spiro atoms. The first-order chi connectivity index (χ1) is 23.8. The highest BCUT2D eigenvalue weighted by molar-refractivity contribution is 6.07. The number of H-pyrrole nitrogens is 1. The number of aryl methyl sites for hydroxylation is 2. The number of hydrogen-bond donors (Lipinski definition) is 3. The maximum absolute atomic E-state index is 15.4. The van der Waals surface area contributed by atoms with E-state index >= 15 is 4.39 Å². The minimum atomic E-state index is -0.538. The fourth-order valence-corrected chi connectivity index (χ4v) is 8.04. The fourth-order valence-electron chi connectivity index (χ4n) is 8.04. The Bertz CT molecular complexity index is 1970. The number of carbonyl (C=O) groups excluding carboxylic acids is 1. The van der Waals surface area contributed by atoms with E-state index < -0.39 is 12.4 Å². The van der Waals surface area contributed by atoms with Gasteiger partial charge in [-0.2, -0.15) is 0 Å². The molecule has 2 saturated heterocycles. The molecule has 1 aliphatic carbocycles. The van der Waals surface area contributed by atoms with E-state index in [0.29, 0.717) is 64.8 Å². The second-order valence-electron chi connectivity index (χ2n) is 13.7. The number of aromatic nitrogens is 3. The van der Waals surface area contributed by atoms with Gasteiger partial charge in [-0.3, -0.25) is 14.5 Å². The van der Waals surface area contributed by atoms with E-state index in [0.717, 1.165) is 64.2 Å². The van der Waals surface area contributed by atoms with Gasteiger partial charge in [0.1, 0.15) is 23.0 Å². The van der Waals surface area contributed by atoms with E-state index in [1.807, 2.05) is 24.4 Å². The predicted octanol–water partition coefficient (Wildman–Crippen LogP) is 4.37. The van der Waals surface area contributed by atoms with Gasteiger partial charge in [0, 0.05) is 61.3 Å². The summed E-state index contributed by atoms with van der Waals surface area (Å²) in [6.45, 7) is 8.97. The monoisotopic (exact) mass is 667 g/mol. The zero-order valence-electron chi connectivity index (χ0n) is 28.0. The summed E-state index contributed by atoms with van der Waals surface area (Å²) in [5, 5.41) is 13.8. The summed E-state index contributed by atoms with van der Waals surface area (Å²) >= 11 is 0. The van der Waals surface area contributed by atoms with Crippen molar-refractivity contribution in [1.29, 1.82) is 0 Å². The van der Waals surface area contributed by atoms with Crippen molar-refractivity contribution in [2.45, 2.75) is 64.8 Å². The van der Waals surface area contributed by atoms with Crippen molar-refractivity contribution in [3.8, 4) is 11.1 Å². The number of aliphatic hydroxyl groups is 1. The predicted molar refractivity (Wildman–Crippen MR) is 186 cm³/mol. The number of rotatable bonds is 7. The van der Waals surface area contributed by atoms with Gasteiger partial charge in [0.05, 0.1) is 43.4 Å². The van der Waals surface area contributed by atoms with Crippen molar-refractivity contribution in [1.82, 2.24) is 19.4 Å². The van der Waals surface area contributed by atoms with Gasteiger partial charge in [0.25, 0.3) is 11.5 Å². The SMILES string of the molecule is Cc1[nH]c(=O)c(Nc2ccc(N3CCN(C4COC4)C[C@@H]3C)cn2)cc1-c1cc(F)cc(N2CCn3c(cc4c3CCCC4)C2=O)c1CO. The van der Waals surface area contributed by atoms with Crippen molar-refractivity contribution in [2.75, 3.05) is 54.5 Å². The molecule has 3 N–H and O–H groups in total. The third kappa shape index (κ3) is 5.71. The standard InChI is InChI=1S/C37H42FN7O4/c1-22-18-42(27-20-49-21-27)9-10-43(22)26-7-8-35(39-17-26)41-31-16-28(23(2)40-36(31)47)29-14-25(38)15-33(30(29)19-46)45-12-11-44-32-6-4-3-5-24(32)13-34(44)37(45)48/h7-8,13-17,22,27,46H,3-6,9-12,18-21H2,1-2H3,(H,39,41)(H,40,47)/t22-/m0/s1. The highest BCUT2D eigenvalue weighted by Crippen LogP contribution is 2.37. The fraction of sp³-hybridized carbons (Fsp3) is 0.432. The summed E-state index contributed by atoms with van der Waals surface area (Å²) in [6, 6.07) is 11.0. The molecule has 0 unspecified atom stereocenters. The Hall–Kier alpha value is -4.52. The Balaban J connectivity index is 1.06. The van der Waals surface area contributed by atoms with E-state index in [2.05, 4.69) is 36.6 Å². The van der Waals surface area contributed by atoms with Crippen LogP contribution in [0.15, 0.2) is 47.4 Å². The minimum absolute atomic E-state index is 0.203. The Labute approximate surface area is 284 Å². The molecule has 3 aromatic heterocycles. The van der Waals surface area contributed by atoms with Crippen molar-refractivity contribution in [2.24, 2.45) is 0 Å². The molecule has 0 saturated carbocycles. The highest BCUT2D eigenvalue weighted by Gasteiger charge is 2.34. The number of fused-ring (bicyclic) bond motifs is 3. The molecule has 11 nitrogen and oxygen atoms in total. The van der Waals surface area contributed by atoms with Crippen LogP contribution < -0.4 is 20.7 Å². The minimum Gasteiger partial charge on any atom is -0.392 e. The van der Waals surface area contributed by atoms with Gasteiger partial charge >= 0.3 is 0 Å². The molecule has 1 amide bonds. The lowest BCUT2D eigenvalue weighted by atomic mass is 9.96. The number of aliphatic hydroxyl groups excluding tert-OH is 1. The van der Waals surface area contributed by atoms with Crippen molar-refractivity contribution >= 4 is 28.8 Å². The van der Waals surface area contributed by atoms with Crippen LogP contribution in [0.5, 0.6) is 0 Å². The normalized spacial score (nSPS) is 19.8. The quantitative estimate of drug-likeness (QED) is 0.266. The molecule has 8 rings (SSSR count). The Morgan fingerprint density at radius 1 is 1.04 bits per heavy atom. The molecule has 0 bridgehead atoms. The third-order valence-electron chi connectivity index (χ3n) is 10.7. The van der Waals surface area contributed by atoms with Crippen LogP contribution in [0.2, 0.25) is 0 Å². The molecular formula is C37H42FN7O4. The van der Waals surface area contributed by atoms with Gasteiger partial charge in [-0.15, -0.1) is 0 Å². The van der Waals surface area contributed by atoms with E-state index in [9.17, 15) is 14.7 Å². The first kappa shape index (κ1) is 31.7. The zero-order valence-corrected chi connectivity index (χ0v) is 28.0. The summed E-state index contributed by atoms with van der Waals surface area (Å²) in [5.41, 5.74) is 6.17. The second-order valence-corrected chi connectivity index (χ2v) is 13.7. The van der Waals surface area contributed by atoms with E-state index in [-0.39, 0.29) is 17.2 Å². The number of carbonyl (C=O) groups is 1. The first-order valence-electron chi connectivity index (χ1n) is 17.3. The smallest absolute Gasteiger partial charge is 0.274 e. The second kappa shape index (κ2) is 12.7. The number of hydrogen-bond acceptors (Lipinski definition) is 8. The lowest BCUT2D eigenvalue weighted by Crippen LogP contribution is -2.59. The van der Waals surface area contributed by atoms with Crippen LogP contribution in [-0.2, 0) is 30.7 Å². The number of aromatic amines is 1. The van der Waals surface area contributed by atoms with E-state index in [4.69, 9.17) is 4.74 Å². The number of nitrogens with zero attached hydrogens (tertiary/aromatic N) is 5. The summed E-state index contributed by atoms with van der Waals surface area (Å²) < 4.78 is 22.9. The van der Waals surface area contributed by atoms with Crippen LogP contribution in [0, 0.1) is 12.7 Å². The molecule has 1 aromatic carbocycles. The van der Waals surface area contributed by atoms with Crippen LogP contribution in [0.1, 0.15) is 52.8 Å². The largest absolute Gasteiger partial charge is 0.392 e. The summed E-state index contributed by atoms with van der Waals surface area (Å²) in [7, 11) is 0. The van der Waals surface area contributed by atoms with Gasteiger partial charge < -0.3 is 34.5 Å². The number of piperazine rings is 1. The van der Waals surface area contributed by atoms with Gasteiger partial charge in [0.15, 0.2) is 0 Å². The number of ether oxygens (including phenoxy) is 1. The zero-order chi connectivity index (χ0) is 33.8. The lowest BCUT2D eigenvalue weighted by Gasteiger charge is -2.46. The van der Waals surface area contributed by atoms with Crippen LogP contribution in [-0.4, -0.2) is 81.9 Å². The molecule has 3 aliphatic heterocycles. The number of benzene rings is 1. The average molecular weight is 668 g/mol. The molecule has 12 heteroatoms. The summed E-state index contributed by atoms with van der Waals surface area (Å²) in [5.74, 6) is -0.246. The summed E-state index contributed by atoms with van der Waals surface area (Å²) in [6.07, 6.45) is 5.96. The molecule has 2 fully saturated rings. The Morgan fingerprint density at radius 3 is 2.61 bits per heavy atom. The molecule has 4 aromatic rings. The third-order valence-corrected chi connectivity index (χ3v) is 10.7. The molecule has 49 heavy (non-hydrogen) atoms. The number of nitrogens with one attached hydrogen (secondary N) is 2. The number of amides is 1. The van der Waals surface area contributed by atoms with Crippen LogP contribution in [0.3, 0.4) is 0 Å². The van der Waals surface area contributed by atoms with Crippen molar-refractivity contribution < 1.29 is 19.0 Å². The van der Waals surface area contributed by atoms with E-state index in [1.165, 1.54) is 23.4 Å². The topological polar surface area (TPSA) is 119 Å². The molecule has 6 heterocycles. The molecule has 4 aliphatic rings. The molecule has 256 valence electrons. The first-order valence-corrected chi connectivity index (χ1v) is 17.3. The highest BCUT2D eigenvalue weighted by atomic mass is 19.1. The summed E-state index contributed by atoms with van der Waals surface area (Å²) in [4.78, 5) is 40.9. The molecule has 1 atom stereocenters. The number of pyridine rings is 2. The van der Waals surface area contributed by atoms with Crippen molar-refractivity contribution in [3.63, 3.8) is 0 Å². The average Bonchev–Trinajstić information content (AvgIpc) is 3.45. The Morgan fingerprint density at radius 2 is 1.88 bits per heavy atom. The van der Waals surface area contributed by atoms with Crippen LogP contribution >= 0.6 is 0 Å². The molecule has 0 radical (unpaired) electrons. The maximum Gasteiger partial charge on any atom is 0.274 e. The van der Waals surface area contributed by atoms with Crippen LogP contribution in [0.4, 0.5) is 27.3 Å². The number of anilines is 4. The Kier molecular flexibility index (Phi) is 8.25. The van der Waals surface area contributed by atoms with Gasteiger partial charge in [0.2, 0.25) is 0 Å². The lowest BCUT2D eigenvalue weighted by molar-refractivity contribution is -0.0691. The van der Waals surface area contributed by atoms with Gasteiger partial charge in [-0.1, -0.05) is 0 Å². The maximum atomic E-state index is 15.4. The van der Waals surface area contributed by atoms with Gasteiger partial charge in [-0.25, -0.2) is 9.37 Å². The van der Waals surface area contributed by atoms with Gasteiger partial charge in [-0.05, 0) is 87.1 Å². The van der Waals surface area contributed by atoms with Crippen LogP contribution in [0.25, 0.3) is 11.1 Å². The van der Waals surface area contributed by atoms with E-state index in [1.54, 1.807) is 17.9 Å².